The van der Waals surface area contributed by atoms with Crippen molar-refractivity contribution < 1.29 is 0 Å². The smallest absolute Gasteiger partial charge is 0.0127 e. The lowest BCUT2D eigenvalue weighted by Gasteiger charge is -2.14. The SMILES string of the molecule is CC[C@H]1CC1N1CC[C@H](C)C1. The molecule has 1 aliphatic heterocycles. The number of likely N-dealkylation sites (tertiary alicyclic amines) is 1. The summed E-state index contributed by atoms with van der Waals surface area (Å²) in [6.07, 6.45) is 4.33. The largest absolute Gasteiger partial charge is 0.300 e. The molecule has 0 aromatic carbocycles. The van der Waals surface area contributed by atoms with Gasteiger partial charge in [0.15, 0.2) is 0 Å². The van der Waals surface area contributed by atoms with E-state index in [1.54, 1.807) is 0 Å². The molecule has 0 radical (unpaired) electrons. The summed E-state index contributed by atoms with van der Waals surface area (Å²) in [6, 6.07) is 0.991. The topological polar surface area (TPSA) is 3.24 Å². The van der Waals surface area contributed by atoms with Gasteiger partial charge in [0.1, 0.15) is 0 Å². The van der Waals surface area contributed by atoms with E-state index in [9.17, 15) is 0 Å². The first-order valence-corrected chi connectivity index (χ1v) is 5.05. The Balaban J connectivity index is 1.80. The summed E-state index contributed by atoms with van der Waals surface area (Å²) in [7, 11) is 0. The Kier molecular flexibility index (Phi) is 1.92. The van der Waals surface area contributed by atoms with Crippen LogP contribution in [0.2, 0.25) is 0 Å². The maximum absolute atomic E-state index is 2.71. The first kappa shape index (κ1) is 7.60. The van der Waals surface area contributed by atoms with Gasteiger partial charge in [-0.2, -0.15) is 0 Å². The minimum Gasteiger partial charge on any atom is -0.300 e. The predicted octanol–water partition coefficient (Wildman–Crippen LogP) is 2.13. The van der Waals surface area contributed by atoms with Crippen molar-refractivity contribution in [1.29, 1.82) is 0 Å². The first-order valence-electron chi connectivity index (χ1n) is 5.05. The maximum Gasteiger partial charge on any atom is 0.0127 e. The quantitative estimate of drug-likeness (QED) is 0.587. The highest BCUT2D eigenvalue weighted by atomic mass is 15.2. The minimum absolute atomic E-state index is 0.966. The third kappa shape index (κ3) is 1.44. The molecule has 1 saturated carbocycles. The summed E-state index contributed by atoms with van der Waals surface area (Å²) in [5.41, 5.74) is 0. The van der Waals surface area contributed by atoms with Crippen LogP contribution in [0.1, 0.15) is 33.1 Å². The van der Waals surface area contributed by atoms with E-state index in [4.69, 9.17) is 0 Å². The van der Waals surface area contributed by atoms with Gasteiger partial charge in [0.2, 0.25) is 0 Å². The fourth-order valence-corrected chi connectivity index (χ4v) is 2.39. The Morgan fingerprint density at radius 1 is 1.45 bits per heavy atom. The van der Waals surface area contributed by atoms with Crippen LogP contribution in [-0.4, -0.2) is 24.0 Å². The van der Waals surface area contributed by atoms with E-state index in [-0.39, 0.29) is 0 Å². The standard InChI is InChI=1S/C10H19N/c1-3-9-6-10(9)11-5-4-8(2)7-11/h8-10H,3-7H2,1-2H3/t8-,9-,10?/m0/s1. The number of hydrogen-bond acceptors (Lipinski definition) is 1. The minimum atomic E-state index is 0.966. The summed E-state index contributed by atoms with van der Waals surface area (Å²) in [6.45, 7) is 7.46. The molecule has 1 heterocycles. The molecule has 2 fully saturated rings. The van der Waals surface area contributed by atoms with Crippen LogP contribution in [0.15, 0.2) is 0 Å². The molecule has 64 valence electrons. The van der Waals surface area contributed by atoms with Gasteiger partial charge >= 0.3 is 0 Å². The van der Waals surface area contributed by atoms with Gasteiger partial charge in [0, 0.05) is 12.6 Å². The van der Waals surface area contributed by atoms with Gasteiger partial charge in [0.25, 0.3) is 0 Å². The third-order valence-electron chi connectivity index (χ3n) is 3.33. The van der Waals surface area contributed by atoms with Gasteiger partial charge in [0.05, 0.1) is 0 Å². The van der Waals surface area contributed by atoms with Gasteiger partial charge in [-0.25, -0.2) is 0 Å². The van der Waals surface area contributed by atoms with Crippen molar-refractivity contribution in [2.45, 2.75) is 39.2 Å². The number of rotatable bonds is 2. The Labute approximate surface area is 69.8 Å². The highest BCUT2D eigenvalue weighted by Gasteiger charge is 2.41. The first-order chi connectivity index (χ1) is 5.31. The van der Waals surface area contributed by atoms with Crippen LogP contribution >= 0.6 is 0 Å². The molecular formula is C10H19N. The molecule has 1 aliphatic carbocycles. The highest BCUT2D eigenvalue weighted by Crippen LogP contribution is 2.40. The maximum atomic E-state index is 2.71. The van der Waals surface area contributed by atoms with Gasteiger partial charge < -0.3 is 0 Å². The zero-order chi connectivity index (χ0) is 7.84. The molecule has 0 amide bonds. The molecule has 2 rings (SSSR count). The zero-order valence-corrected chi connectivity index (χ0v) is 7.71. The fraction of sp³-hybridized carbons (Fsp3) is 1.00. The molecule has 0 aromatic heterocycles. The van der Waals surface area contributed by atoms with Crippen LogP contribution in [-0.2, 0) is 0 Å². The van der Waals surface area contributed by atoms with Crippen molar-refractivity contribution in [2.75, 3.05) is 13.1 Å². The third-order valence-corrected chi connectivity index (χ3v) is 3.33. The molecule has 11 heavy (non-hydrogen) atoms. The Morgan fingerprint density at radius 3 is 2.73 bits per heavy atom. The normalized spacial score (nSPS) is 44.7. The molecule has 1 saturated heterocycles. The fourth-order valence-electron chi connectivity index (χ4n) is 2.39. The predicted molar refractivity (Wildman–Crippen MR) is 47.5 cm³/mol. The van der Waals surface area contributed by atoms with Gasteiger partial charge in [-0.05, 0) is 31.2 Å². The Bertz CT molecular complexity index is 144. The van der Waals surface area contributed by atoms with E-state index >= 15 is 0 Å². The van der Waals surface area contributed by atoms with Crippen molar-refractivity contribution in [3.05, 3.63) is 0 Å². The Hall–Kier alpha value is -0.0400. The van der Waals surface area contributed by atoms with Crippen molar-refractivity contribution in [1.82, 2.24) is 4.90 Å². The molecule has 1 unspecified atom stereocenters. The van der Waals surface area contributed by atoms with Crippen molar-refractivity contribution in [3.63, 3.8) is 0 Å². The van der Waals surface area contributed by atoms with Crippen LogP contribution in [0.4, 0.5) is 0 Å². The summed E-state index contributed by atoms with van der Waals surface area (Å²) < 4.78 is 0. The van der Waals surface area contributed by atoms with E-state index in [2.05, 4.69) is 18.7 Å². The molecular weight excluding hydrogens is 134 g/mol. The number of hydrogen-bond donors (Lipinski definition) is 0. The summed E-state index contributed by atoms with van der Waals surface area (Å²) >= 11 is 0. The van der Waals surface area contributed by atoms with Crippen LogP contribution in [0.25, 0.3) is 0 Å². The van der Waals surface area contributed by atoms with Crippen LogP contribution in [0.3, 0.4) is 0 Å². The van der Waals surface area contributed by atoms with Crippen molar-refractivity contribution in [3.8, 4) is 0 Å². The van der Waals surface area contributed by atoms with Crippen molar-refractivity contribution in [2.24, 2.45) is 11.8 Å². The van der Waals surface area contributed by atoms with Gasteiger partial charge in [-0.1, -0.05) is 20.3 Å². The lowest BCUT2D eigenvalue weighted by Crippen LogP contribution is -2.24. The lowest BCUT2D eigenvalue weighted by molar-refractivity contribution is 0.301. The lowest BCUT2D eigenvalue weighted by atomic mass is 10.2. The van der Waals surface area contributed by atoms with Gasteiger partial charge in [-0.3, -0.25) is 4.90 Å². The molecule has 1 heteroatoms. The molecule has 2 aliphatic rings. The van der Waals surface area contributed by atoms with E-state index < -0.39 is 0 Å². The van der Waals surface area contributed by atoms with Gasteiger partial charge in [-0.15, -0.1) is 0 Å². The number of nitrogens with zero attached hydrogens (tertiary/aromatic N) is 1. The van der Waals surface area contributed by atoms with E-state index in [0.29, 0.717) is 0 Å². The average molecular weight is 153 g/mol. The zero-order valence-electron chi connectivity index (χ0n) is 7.71. The summed E-state index contributed by atoms with van der Waals surface area (Å²) in [5.74, 6) is 2.02. The monoisotopic (exact) mass is 153 g/mol. The van der Waals surface area contributed by atoms with Crippen LogP contribution < -0.4 is 0 Å². The van der Waals surface area contributed by atoms with E-state index in [1.165, 1.54) is 32.4 Å². The van der Waals surface area contributed by atoms with Crippen LogP contribution in [0.5, 0.6) is 0 Å². The highest BCUT2D eigenvalue weighted by molar-refractivity contribution is 4.96. The molecule has 3 atom stereocenters. The van der Waals surface area contributed by atoms with Crippen LogP contribution in [0, 0.1) is 11.8 Å². The van der Waals surface area contributed by atoms with Crippen molar-refractivity contribution >= 4 is 0 Å². The Morgan fingerprint density at radius 2 is 2.27 bits per heavy atom. The second-order valence-corrected chi connectivity index (χ2v) is 4.36. The molecule has 0 bridgehead atoms. The second-order valence-electron chi connectivity index (χ2n) is 4.36. The molecule has 0 spiro atoms. The summed E-state index contributed by atoms with van der Waals surface area (Å²) in [5, 5.41) is 0. The molecule has 0 aromatic rings. The average Bonchev–Trinajstić information content (AvgIpc) is 2.68. The van der Waals surface area contributed by atoms with E-state index in [1.807, 2.05) is 0 Å². The van der Waals surface area contributed by atoms with E-state index in [0.717, 1.165) is 17.9 Å². The summed E-state index contributed by atoms with van der Waals surface area (Å²) in [4.78, 5) is 2.71. The molecule has 0 N–H and O–H groups in total. The molecule has 1 nitrogen and oxygen atoms in total. The second kappa shape index (κ2) is 2.78.